The van der Waals surface area contributed by atoms with Crippen LogP contribution in [0, 0.1) is 5.41 Å². The van der Waals surface area contributed by atoms with Crippen molar-refractivity contribution in [1.29, 1.82) is 0 Å². The molecule has 0 aromatic heterocycles. The first-order chi connectivity index (χ1) is 8.79. The average molecular weight is 235 g/mol. The summed E-state index contributed by atoms with van der Waals surface area (Å²) in [5, 5.41) is 0. The van der Waals surface area contributed by atoms with Crippen molar-refractivity contribution in [2.24, 2.45) is 10.4 Å². The van der Waals surface area contributed by atoms with E-state index in [0.29, 0.717) is 0 Å². The van der Waals surface area contributed by atoms with E-state index in [1.807, 2.05) is 0 Å². The van der Waals surface area contributed by atoms with Crippen LogP contribution in [0.5, 0.6) is 0 Å². The molecule has 0 bridgehead atoms. The molecule has 0 radical (unpaired) electrons. The second kappa shape index (κ2) is 3.44. The summed E-state index contributed by atoms with van der Waals surface area (Å²) >= 11 is 0. The Balaban J connectivity index is 1.94. The van der Waals surface area contributed by atoms with Gasteiger partial charge < -0.3 is 0 Å². The molecule has 1 heterocycles. The van der Waals surface area contributed by atoms with Gasteiger partial charge in [-0.3, -0.25) is 4.99 Å². The monoisotopic (exact) mass is 235 g/mol. The number of benzene rings is 1. The summed E-state index contributed by atoms with van der Waals surface area (Å²) in [5.74, 6) is 0. The van der Waals surface area contributed by atoms with Crippen molar-refractivity contribution in [2.45, 2.75) is 32.6 Å². The van der Waals surface area contributed by atoms with Gasteiger partial charge in [-0.2, -0.15) is 0 Å². The van der Waals surface area contributed by atoms with Gasteiger partial charge in [0.25, 0.3) is 0 Å². The topological polar surface area (TPSA) is 12.4 Å². The highest BCUT2D eigenvalue weighted by molar-refractivity contribution is 6.14. The zero-order chi connectivity index (χ0) is 12.2. The molecule has 0 spiro atoms. The Kier molecular flexibility index (Phi) is 1.97. The van der Waals surface area contributed by atoms with E-state index in [9.17, 15) is 0 Å². The Morgan fingerprint density at radius 2 is 1.94 bits per heavy atom. The molecule has 1 aromatic carbocycles. The standard InChI is InChI=1S/C17H17N/c1-17-11-10-12-6-2-3-7-13(12)16(17)18-15-9-5-4-8-14(15)17/h2-3,6-7,10-11H,4-5,8-9H2,1H3/t17-/m1/s1. The SMILES string of the molecule is C[C@]12C=Cc3ccccc3C1=NC1=C2CCCC1. The van der Waals surface area contributed by atoms with Crippen LogP contribution < -0.4 is 0 Å². The molecule has 1 heteroatoms. The third-order valence-corrected chi connectivity index (χ3v) is 4.62. The molecule has 4 rings (SSSR count). The molecule has 0 unspecified atom stereocenters. The molecule has 18 heavy (non-hydrogen) atoms. The number of nitrogens with zero attached hydrogens (tertiary/aromatic N) is 1. The fraction of sp³-hybridized carbons (Fsp3) is 0.353. The number of hydrogen-bond acceptors (Lipinski definition) is 1. The zero-order valence-corrected chi connectivity index (χ0v) is 10.7. The van der Waals surface area contributed by atoms with Crippen LogP contribution in [-0.4, -0.2) is 5.71 Å². The Bertz CT molecular complexity index is 618. The maximum Gasteiger partial charge on any atom is 0.0623 e. The van der Waals surface area contributed by atoms with Crippen molar-refractivity contribution in [3.8, 4) is 0 Å². The van der Waals surface area contributed by atoms with Crippen LogP contribution in [0.4, 0.5) is 0 Å². The predicted octanol–water partition coefficient (Wildman–Crippen LogP) is 4.35. The van der Waals surface area contributed by atoms with Crippen molar-refractivity contribution >= 4 is 11.8 Å². The van der Waals surface area contributed by atoms with Crippen molar-refractivity contribution in [2.75, 3.05) is 0 Å². The van der Waals surface area contributed by atoms with Crippen molar-refractivity contribution in [3.05, 3.63) is 52.7 Å². The lowest BCUT2D eigenvalue weighted by Crippen LogP contribution is -2.29. The van der Waals surface area contributed by atoms with E-state index in [1.54, 1.807) is 5.57 Å². The van der Waals surface area contributed by atoms with Crippen LogP contribution in [0.2, 0.25) is 0 Å². The molecule has 2 aliphatic carbocycles. The van der Waals surface area contributed by atoms with Crippen LogP contribution in [-0.2, 0) is 0 Å². The van der Waals surface area contributed by atoms with E-state index in [0.717, 1.165) is 0 Å². The van der Waals surface area contributed by atoms with Crippen molar-refractivity contribution < 1.29 is 0 Å². The predicted molar refractivity (Wildman–Crippen MR) is 75.6 cm³/mol. The first-order valence-corrected chi connectivity index (χ1v) is 6.89. The normalized spacial score (nSPS) is 28.6. The maximum absolute atomic E-state index is 4.99. The summed E-state index contributed by atoms with van der Waals surface area (Å²) in [7, 11) is 0. The van der Waals surface area contributed by atoms with E-state index in [4.69, 9.17) is 4.99 Å². The quantitative estimate of drug-likeness (QED) is 0.634. The van der Waals surface area contributed by atoms with Gasteiger partial charge in [-0.25, -0.2) is 0 Å². The fourth-order valence-electron chi connectivity index (χ4n) is 3.60. The first kappa shape index (κ1) is 10.3. The number of allylic oxidation sites excluding steroid dienone is 3. The van der Waals surface area contributed by atoms with Crippen LogP contribution in [0.3, 0.4) is 0 Å². The minimum Gasteiger partial charge on any atom is -0.256 e. The molecule has 90 valence electrons. The highest BCUT2D eigenvalue weighted by atomic mass is 14.8. The smallest absolute Gasteiger partial charge is 0.0623 e. The van der Waals surface area contributed by atoms with Crippen LogP contribution in [0.1, 0.15) is 43.7 Å². The minimum absolute atomic E-state index is 0.0735. The lowest BCUT2D eigenvalue weighted by Gasteiger charge is -2.31. The third kappa shape index (κ3) is 1.19. The van der Waals surface area contributed by atoms with Gasteiger partial charge >= 0.3 is 0 Å². The summed E-state index contributed by atoms with van der Waals surface area (Å²) in [6.45, 7) is 2.34. The Morgan fingerprint density at radius 3 is 2.89 bits per heavy atom. The van der Waals surface area contributed by atoms with E-state index in [2.05, 4.69) is 43.3 Å². The van der Waals surface area contributed by atoms with E-state index >= 15 is 0 Å². The lowest BCUT2D eigenvalue weighted by atomic mass is 9.70. The van der Waals surface area contributed by atoms with Gasteiger partial charge in [0.15, 0.2) is 0 Å². The highest BCUT2D eigenvalue weighted by Crippen LogP contribution is 2.49. The summed E-state index contributed by atoms with van der Waals surface area (Å²) in [4.78, 5) is 4.99. The molecule has 0 N–H and O–H groups in total. The van der Waals surface area contributed by atoms with Gasteiger partial charge in [0, 0.05) is 11.3 Å². The third-order valence-electron chi connectivity index (χ3n) is 4.62. The number of aliphatic imine (C=N–C) groups is 1. The minimum atomic E-state index is 0.0735. The molecule has 1 aromatic rings. The molecule has 0 saturated heterocycles. The second-order valence-corrected chi connectivity index (χ2v) is 5.72. The molecule has 1 atom stereocenters. The molecular formula is C17H17N. The molecule has 0 fully saturated rings. The Labute approximate surface area is 108 Å². The number of hydrogen-bond donors (Lipinski definition) is 0. The molecule has 0 saturated carbocycles. The fourth-order valence-corrected chi connectivity index (χ4v) is 3.60. The zero-order valence-electron chi connectivity index (χ0n) is 10.7. The van der Waals surface area contributed by atoms with Gasteiger partial charge in [0.2, 0.25) is 0 Å². The van der Waals surface area contributed by atoms with Crippen molar-refractivity contribution in [1.82, 2.24) is 0 Å². The summed E-state index contributed by atoms with van der Waals surface area (Å²) < 4.78 is 0. The molecule has 1 nitrogen and oxygen atoms in total. The van der Waals surface area contributed by atoms with Crippen LogP contribution in [0.15, 0.2) is 46.6 Å². The number of fused-ring (bicyclic) bond motifs is 4. The van der Waals surface area contributed by atoms with Gasteiger partial charge in [-0.1, -0.05) is 36.4 Å². The van der Waals surface area contributed by atoms with Gasteiger partial charge in [0.05, 0.1) is 11.1 Å². The van der Waals surface area contributed by atoms with E-state index in [1.165, 1.54) is 48.2 Å². The maximum atomic E-state index is 4.99. The summed E-state index contributed by atoms with van der Waals surface area (Å²) in [6.07, 6.45) is 9.67. The Morgan fingerprint density at radius 1 is 1.11 bits per heavy atom. The molecule has 1 aliphatic heterocycles. The second-order valence-electron chi connectivity index (χ2n) is 5.72. The Hall–Kier alpha value is -1.63. The van der Waals surface area contributed by atoms with Crippen LogP contribution >= 0.6 is 0 Å². The van der Waals surface area contributed by atoms with Gasteiger partial charge in [0.1, 0.15) is 0 Å². The molecule has 0 amide bonds. The summed E-state index contributed by atoms with van der Waals surface area (Å²) in [5.41, 5.74) is 6.96. The van der Waals surface area contributed by atoms with Gasteiger partial charge in [-0.05, 0) is 43.7 Å². The van der Waals surface area contributed by atoms with Crippen molar-refractivity contribution in [3.63, 3.8) is 0 Å². The highest BCUT2D eigenvalue weighted by Gasteiger charge is 2.42. The first-order valence-electron chi connectivity index (χ1n) is 6.89. The van der Waals surface area contributed by atoms with E-state index in [-0.39, 0.29) is 5.41 Å². The van der Waals surface area contributed by atoms with Gasteiger partial charge in [-0.15, -0.1) is 0 Å². The summed E-state index contributed by atoms with van der Waals surface area (Å²) in [6, 6.07) is 8.63. The molecule has 3 aliphatic rings. The molecular weight excluding hydrogens is 218 g/mol. The average Bonchev–Trinajstić information content (AvgIpc) is 2.73. The number of rotatable bonds is 0. The van der Waals surface area contributed by atoms with E-state index < -0.39 is 0 Å². The van der Waals surface area contributed by atoms with Crippen LogP contribution in [0.25, 0.3) is 6.08 Å². The largest absolute Gasteiger partial charge is 0.256 e. The lowest BCUT2D eigenvalue weighted by molar-refractivity contribution is 0.593.